The predicted octanol–water partition coefficient (Wildman–Crippen LogP) is 1.34. The third-order valence-electron chi connectivity index (χ3n) is 2.03. The zero-order valence-corrected chi connectivity index (χ0v) is 7.05. The van der Waals surface area contributed by atoms with Crippen LogP contribution < -0.4 is 5.73 Å². The van der Waals surface area contributed by atoms with E-state index in [2.05, 4.69) is 13.8 Å². The van der Waals surface area contributed by atoms with Crippen molar-refractivity contribution in [3.63, 3.8) is 0 Å². The molecule has 0 saturated heterocycles. The molecule has 0 amide bonds. The van der Waals surface area contributed by atoms with Gasteiger partial charge in [0.15, 0.2) is 0 Å². The molecule has 0 rings (SSSR count). The molecule has 0 aliphatic rings. The van der Waals surface area contributed by atoms with Crippen LogP contribution in [0, 0.1) is 5.92 Å². The van der Waals surface area contributed by atoms with Gasteiger partial charge in [-0.1, -0.05) is 26.7 Å². The molecular formula is C8H17NO. The molecule has 2 N–H and O–H groups in total. The average Bonchev–Trinajstić information content (AvgIpc) is 1.90. The standard InChI is InChI=1S/C8H17NO/c1-4-7(5-2)8(9)6(3)10/h7-8H,4-5,9H2,1-3H3/t8-/m1/s1. The number of hydrogen-bond donors (Lipinski definition) is 1. The van der Waals surface area contributed by atoms with Crippen LogP contribution in [0.1, 0.15) is 33.6 Å². The minimum absolute atomic E-state index is 0.105. The number of ketones is 1. The van der Waals surface area contributed by atoms with Gasteiger partial charge in [-0.25, -0.2) is 0 Å². The van der Waals surface area contributed by atoms with Gasteiger partial charge in [0.05, 0.1) is 6.04 Å². The molecule has 0 unspecified atom stereocenters. The second-order valence-electron chi connectivity index (χ2n) is 2.71. The van der Waals surface area contributed by atoms with Gasteiger partial charge in [0.25, 0.3) is 0 Å². The summed E-state index contributed by atoms with van der Waals surface area (Å²) in [5.74, 6) is 0.478. The minimum Gasteiger partial charge on any atom is -0.321 e. The molecular weight excluding hydrogens is 126 g/mol. The number of hydrogen-bond acceptors (Lipinski definition) is 2. The lowest BCUT2D eigenvalue weighted by molar-refractivity contribution is -0.119. The quantitative estimate of drug-likeness (QED) is 0.645. The summed E-state index contributed by atoms with van der Waals surface area (Å²) < 4.78 is 0. The van der Waals surface area contributed by atoms with Crippen molar-refractivity contribution in [2.75, 3.05) is 0 Å². The van der Waals surface area contributed by atoms with Crippen LogP contribution in [0.3, 0.4) is 0 Å². The van der Waals surface area contributed by atoms with Gasteiger partial charge in [0, 0.05) is 0 Å². The molecule has 0 fully saturated rings. The zero-order valence-electron chi connectivity index (χ0n) is 7.05. The van der Waals surface area contributed by atoms with Gasteiger partial charge in [-0.2, -0.15) is 0 Å². The normalized spacial score (nSPS) is 13.7. The first-order chi connectivity index (χ1) is 4.63. The molecule has 0 spiro atoms. The molecule has 0 aliphatic heterocycles. The molecule has 2 nitrogen and oxygen atoms in total. The lowest BCUT2D eigenvalue weighted by Gasteiger charge is -2.17. The smallest absolute Gasteiger partial charge is 0.146 e. The van der Waals surface area contributed by atoms with E-state index in [0.29, 0.717) is 5.92 Å². The molecule has 0 aromatic carbocycles. The second-order valence-corrected chi connectivity index (χ2v) is 2.71. The van der Waals surface area contributed by atoms with Gasteiger partial charge in [-0.15, -0.1) is 0 Å². The second kappa shape index (κ2) is 4.45. The van der Waals surface area contributed by atoms with E-state index in [1.807, 2.05) is 0 Å². The minimum atomic E-state index is -0.241. The van der Waals surface area contributed by atoms with Crippen molar-refractivity contribution in [3.8, 4) is 0 Å². The van der Waals surface area contributed by atoms with Crippen molar-refractivity contribution in [1.82, 2.24) is 0 Å². The summed E-state index contributed by atoms with van der Waals surface area (Å²) in [5, 5.41) is 0. The molecule has 0 aliphatic carbocycles. The van der Waals surface area contributed by atoms with Gasteiger partial charge in [0.2, 0.25) is 0 Å². The molecule has 0 radical (unpaired) electrons. The zero-order chi connectivity index (χ0) is 8.15. The van der Waals surface area contributed by atoms with Crippen LogP contribution in [-0.4, -0.2) is 11.8 Å². The largest absolute Gasteiger partial charge is 0.321 e. The SMILES string of the molecule is CCC(CC)[C@H](N)C(C)=O. The maximum atomic E-state index is 10.8. The maximum absolute atomic E-state index is 10.8. The third-order valence-corrected chi connectivity index (χ3v) is 2.03. The highest BCUT2D eigenvalue weighted by Gasteiger charge is 2.17. The fourth-order valence-corrected chi connectivity index (χ4v) is 1.13. The van der Waals surface area contributed by atoms with E-state index in [-0.39, 0.29) is 11.8 Å². The monoisotopic (exact) mass is 143 g/mol. The van der Waals surface area contributed by atoms with Crippen LogP contribution in [0.2, 0.25) is 0 Å². The molecule has 60 valence electrons. The van der Waals surface area contributed by atoms with Crippen molar-refractivity contribution in [2.45, 2.75) is 39.7 Å². The van der Waals surface area contributed by atoms with Crippen LogP contribution >= 0.6 is 0 Å². The summed E-state index contributed by atoms with van der Waals surface area (Å²) in [6.07, 6.45) is 1.99. The number of Topliss-reactive ketones (excluding diaryl/α,β-unsaturated/α-hetero) is 1. The lowest BCUT2D eigenvalue weighted by atomic mass is 9.93. The van der Waals surface area contributed by atoms with Crippen molar-refractivity contribution < 1.29 is 4.79 Å². The highest BCUT2D eigenvalue weighted by atomic mass is 16.1. The molecule has 0 saturated carbocycles. The Balaban J connectivity index is 3.88. The number of nitrogens with two attached hydrogens (primary N) is 1. The first-order valence-electron chi connectivity index (χ1n) is 3.89. The van der Waals surface area contributed by atoms with Crippen molar-refractivity contribution in [2.24, 2.45) is 11.7 Å². The predicted molar refractivity (Wildman–Crippen MR) is 42.7 cm³/mol. The number of rotatable bonds is 4. The Kier molecular flexibility index (Phi) is 4.28. The Labute approximate surface area is 62.8 Å². The number of carbonyl (C=O) groups excluding carboxylic acids is 1. The van der Waals surface area contributed by atoms with E-state index in [1.165, 1.54) is 0 Å². The van der Waals surface area contributed by atoms with Crippen molar-refractivity contribution in [1.29, 1.82) is 0 Å². The fraction of sp³-hybridized carbons (Fsp3) is 0.875. The lowest BCUT2D eigenvalue weighted by Crippen LogP contribution is -2.35. The summed E-state index contributed by atoms with van der Waals surface area (Å²) in [7, 11) is 0. The van der Waals surface area contributed by atoms with Gasteiger partial charge < -0.3 is 5.73 Å². The van der Waals surface area contributed by atoms with E-state index >= 15 is 0 Å². The van der Waals surface area contributed by atoms with Gasteiger partial charge >= 0.3 is 0 Å². The molecule has 0 aromatic rings. The Morgan fingerprint density at radius 1 is 1.40 bits per heavy atom. The van der Waals surface area contributed by atoms with E-state index in [1.54, 1.807) is 6.92 Å². The van der Waals surface area contributed by atoms with Crippen LogP contribution in [0.15, 0.2) is 0 Å². The molecule has 2 heteroatoms. The van der Waals surface area contributed by atoms with Gasteiger partial charge in [-0.3, -0.25) is 4.79 Å². The summed E-state index contributed by atoms with van der Waals surface area (Å²) in [6.45, 7) is 5.69. The van der Waals surface area contributed by atoms with Crippen LogP contribution in [-0.2, 0) is 4.79 Å². The third kappa shape index (κ3) is 2.48. The Bertz CT molecular complexity index is 108. The summed E-state index contributed by atoms with van der Waals surface area (Å²) >= 11 is 0. The molecule has 10 heavy (non-hydrogen) atoms. The Morgan fingerprint density at radius 3 is 1.90 bits per heavy atom. The van der Waals surface area contributed by atoms with Crippen LogP contribution in [0.4, 0.5) is 0 Å². The molecule has 0 bridgehead atoms. The Morgan fingerprint density at radius 2 is 1.80 bits per heavy atom. The van der Waals surface area contributed by atoms with E-state index in [4.69, 9.17) is 5.73 Å². The highest BCUT2D eigenvalue weighted by molar-refractivity contribution is 5.81. The first kappa shape index (κ1) is 9.63. The molecule has 1 atom stereocenters. The van der Waals surface area contributed by atoms with Crippen LogP contribution in [0.5, 0.6) is 0 Å². The van der Waals surface area contributed by atoms with Gasteiger partial charge in [0.1, 0.15) is 5.78 Å². The topological polar surface area (TPSA) is 43.1 Å². The van der Waals surface area contributed by atoms with Crippen LogP contribution in [0.25, 0.3) is 0 Å². The van der Waals surface area contributed by atoms with Gasteiger partial charge in [-0.05, 0) is 12.8 Å². The fourth-order valence-electron chi connectivity index (χ4n) is 1.13. The van der Waals surface area contributed by atoms with E-state index in [0.717, 1.165) is 12.8 Å². The summed E-state index contributed by atoms with van der Waals surface area (Å²) in [5.41, 5.74) is 5.63. The Hall–Kier alpha value is -0.370. The summed E-state index contributed by atoms with van der Waals surface area (Å²) in [4.78, 5) is 10.8. The van der Waals surface area contributed by atoms with Crippen molar-refractivity contribution >= 4 is 5.78 Å². The summed E-state index contributed by atoms with van der Waals surface area (Å²) in [6, 6.07) is -0.241. The van der Waals surface area contributed by atoms with E-state index < -0.39 is 0 Å². The average molecular weight is 143 g/mol. The molecule has 0 heterocycles. The van der Waals surface area contributed by atoms with E-state index in [9.17, 15) is 4.79 Å². The number of carbonyl (C=O) groups is 1. The maximum Gasteiger partial charge on any atom is 0.146 e. The highest BCUT2D eigenvalue weighted by Crippen LogP contribution is 2.11. The first-order valence-corrected chi connectivity index (χ1v) is 3.89. The molecule has 0 aromatic heterocycles. The van der Waals surface area contributed by atoms with Crippen molar-refractivity contribution in [3.05, 3.63) is 0 Å².